The molecule has 2 aromatic carbocycles. The van der Waals surface area contributed by atoms with Gasteiger partial charge in [0.25, 0.3) is 0 Å². The molecule has 0 bridgehead atoms. The molecule has 186 valence electrons. The van der Waals surface area contributed by atoms with Crippen molar-refractivity contribution in [1.82, 2.24) is 14.7 Å². The molecule has 0 aromatic heterocycles. The number of carboxylic acid groups (broad SMARTS) is 1. The minimum absolute atomic E-state index is 0.0273. The van der Waals surface area contributed by atoms with Crippen LogP contribution in [-0.4, -0.2) is 83.0 Å². The first-order valence-electron chi connectivity index (χ1n) is 11.3. The number of ether oxygens (including phenoxy) is 1. The summed E-state index contributed by atoms with van der Waals surface area (Å²) in [5.74, 6) is -1.15. The van der Waals surface area contributed by atoms with Gasteiger partial charge in [-0.1, -0.05) is 18.2 Å². The summed E-state index contributed by atoms with van der Waals surface area (Å²) in [4.78, 5) is 29.0. The molecule has 2 aliphatic heterocycles. The van der Waals surface area contributed by atoms with E-state index in [0.29, 0.717) is 37.3 Å². The average molecular weight is 488 g/mol. The highest BCUT2D eigenvalue weighted by Crippen LogP contribution is 2.37. The number of urea groups is 1. The van der Waals surface area contributed by atoms with Crippen LogP contribution in [0.5, 0.6) is 5.75 Å². The van der Waals surface area contributed by atoms with Crippen LogP contribution in [0.1, 0.15) is 23.6 Å². The first kappa shape index (κ1) is 24.5. The fourth-order valence-electron chi connectivity index (χ4n) is 4.43. The minimum Gasteiger partial charge on any atom is -0.508 e. The van der Waals surface area contributed by atoms with E-state index in [1.165, 1.54) is 26.8 Å². The van der Waals surface area contributed by atoms with Crippen LogP contribution < -0.4 is 0 Å². The molecule has 35 heavy (non-hydrogen) atoms. The number of amides is 3. The van der Waals surface area contributed by atoms with E-state index in [9.17, 15) is 28.6 Å². The van der Waals surface area contributed by atoms with Crippen molar-refractivity contribution < 1.29 is 33.3 Å². The second kappa shape index (κ2) is 10.3. The summed E-state index contributed by atoms with van der Waals surface area (Å²) in [5.41, 5.74) is 1.17. The van der Waals surface area contributed by atoms with E-state index >= 15 is 0 Å². The Morgan fingerprint density at radius 2 is 2.00 bits per heavy atom. The molecule has 2 aromatic rings. The number of halogens is 2. The molecule has 1 saturated heterocycles. The summed E-state index contributed by atoms with van der Waals surface area (Å²) in [7, 11) is 1.63. The Bertz CT molecular complexity index is 1140. The van der Waals surface area contributed by atoms with Crippen molar-refractivity contribution in [2.45, 2.75) is 18.6 Å². The second-order valence-electron chi connectivity index (χ2n) is 8.70. The molecule has 0 radical (unpaired) electrons. The number of benzene rings is 2. The second-order valence-corrected chi connectivity index (χ2v) is 8.70. The summed E-state index contributed by atoms with van der Waals surface area (Å²) in [6, 6.07) is 8.71. The normalized spacial score (nSPS) is 20.0. The highest BCUT2D eigenvalue weighted by atomic mass is 19.1. The van der Waals surface area contributed by atoms with Crippen molar-refractivity contribution in [3.8, 4) is 5.75 Å². The Balaban J connectivity index is 1.51. The number of morpholine rings is 1. The Labute approximate surface area is 201 Å². The largest absolute Gasteiger partial charge is 0.508 e. The highest BCUT2D eigenvalue weighted by Gasteiger charge is 2.34. The summed E-state index contributed by atoms with van der Waals surface area (Å²) in [6.07, 6.45) is 0.811. The molecule has 2 aliphatic rings. The molecule has 10 heteroatoms. The third-order valence-electron chi connectivity index (χ3n) is 6.29. The van der Waals surface area contributed by atoms with E-state index in [0.717, 1.165) is 18.2 Å². The number of aromatic hydroxyl groups is 1. The summed E-state index contributed by atoms with van der Waals surface area (Å²) in [6.45, 7) is 1.20. The van der Waals surface area contributed by atoms with Crippen molar-refractivity contribution in [2.24, 2.45) is 0 Å². The maximum absolute atomic E-state index is 14.5. The van der Waals surface area contributed by atoms with Gasteiger partial charge in [0.05, 0.1) is 25.3 Å². The van der Waals surface area contributed by atoms with Gasteiger partial charge < -0.3 is 29.6 Å². The van der Waals surface area contributed by atoms with Crippen molar-refractivity contribution in [3.05, 3.63) is 71.3 Å². The monoisotopic (exact) mass is 487 g/mol. The molecule has 4 rings (SSSR count). The third kappa shape index (κ3) is 5.54. The van der Waals surface area contributed by atoms with Gasteiger partial charge in [-0.15, -0.1) is 0 Å². The van der Waals surface area contributed by atoms with Gasteiger partial charge in [-0.05, 0) is 47.9 Å². The van der Waals surface area contributed by atoms with Crippen LogP contribution in [0, 0.1) is 11.6 Å². The van der Waals surface area contributed by atoms with Gasteiger partial charge >= 0.3 is 12.1 Å². The highest BCUT2D eigenvalue weighted by molar-refractivity contribution is 5.82. The lowest BCUT2D eigenvalue weighted by molar-refractivity contribution is -0.0275. The topological polar surface area (TPSA) is 93.6 Å². The smallest absolute Gasteiger partial charge is 0.407 e. The van der Waals surface area contributed by atoms with Gasteiger partial charge in [-0.25, -0.2) is 18.4 Å². The van der Waals surface area contributed by atoms with Crippen LogP contribution in [0.15, 0.2) is 48.5 Å². The van der Waals surface area contributed by atoms with Gasteiger partial charge in [0.2, 0.25) is 0 Å². The molecule has 8 nitrogen and oxygen atoms in total. The first-order chi connectivity index (χ1) is 16.7. The van der Waals surface area contributed by atoms with Gasteiger partial charge in [-0.2, -0.15) is 0 Å². The van der Waals surface area contributed by atoms with E-state index in [4.69, 9.17) is 4.74 Å². The Morgan fingerprint density at radius 1 is 1.20 bits per heavy atom. The lowest BCUT2D eigenvalue weighted by atomic mass is 10.0. The Kier molecular flexibility index (Phi) is 7.20. The molecule has 0 aliphatic carbocycles. The maximum Gasteiger partial charge on any atom is 0.407 e. The van der Waals surface area contributed by atoms with Crippen LogP contribution in [-0.2, 0) is 4.74 Å². The van der Waals surface area contributed by atoms with Crippen molar-refractivity contribution in [1.29, 1.82) is 0 Å². The molecule has 1 fully saturated rings. The molecule has 0 spiro atoms. The number of hydrogen-bond acceptors (Lipinski definition) is 4. The van der Waals surface area contributed by atoms with Crippen molar-refractivity contribution >= 4 is 17.7 Å². The number of phenols is 1. The predicted molar refractivity (Wildman–Crippen MR) is 124 cm³/mol. The fraction of sp³-hybridized carbons (Fsp3) is 0.360. The average Bonchev–Trinajstić information content (AvgIpc) is 3.29. The molecular formula is C25H27F2N3O5. The Hall–Kier alpha value is -3.66. The molecule has 2 N–H and O–H groups in total. The molecule has 2 atom stereocenters. The summed E-state index contributed by atoms with van der Waals surface area (Å²) in [5, 5.41) is 19.2. The number of nitrogens with zero attached hydrogens (tertiary/aromatic N) is 3. The first-order valence-corrected chi connectivity index (χ1v) is 11.3. The van der Waals surface area contributed by atoms with Crippen LogP contribution in [0.25, 0.3) is 5.57 Å². The van der Waals surface area contributed by atoms with Gasteiger partial charge in [-0.3, -0.25) is 0 Å². The lowest BCUT2D eigenvalue weighted by Gasteiger charge is -2.33. The Morgan fingerprint density at radius 3 is 2.74 bits per heavy atom. The van der Waals surface area contributed by atoms with Gasteiger partial charge in [0.1, 0.15) is 17.4 Å². The molecule has 2 unspecified atom stereocenters. The van der Waals surface area contributed by atoms with E-state index in [2.05, 4.69) is 0 Å². The fourth-order valence-corrected chi connectivity index (χ4v) is 4.43. The van der Waals surface area contributed by atoms with Gasteiger partial charge in [0.15, 0.2) is 0 Å². The van der Waals surface area contributed by atoms with Crippen LogP contribution >= 0.6 is 0 Å². The number of phenolic OH excluding ortho intramolecular Hbond substituents is 1. The third-order valence-corrected chi connectivity index (χ3v) is 6.29. The van der Waals surface area contributed by atoms with Gasteiger partial charge in [0, 0.05) is 32.2 Å². The predicted octanol–water partition coefficient (Wildman–Crippen LogP) is 3.93. The van der Waals surface area contributed by atoms with E-state index in [1.807, 2.05) is 0 Å². The zero-order valence-electron chi connectivity index (χ0n) is 19.2. The van der Waals surface area contributed by atoms with Crippen LogP contribution in [0.4, 0.5) is 18.4 Å². The minimum atomic E-state index is -1.00. The number of hydrogen-bond donors (Lipinski definition) is 2. The lowest BCUT2D eigenvalue weighted by Crippen LogP contribution is -2.47. The quantitative estimate of drug-likeness (QED) is 0.667. The molecule has 2 heterocycles. The molecular weight excluding hydrogens is 460 g/mol. The standard InChI is InChI=1S/C25H27F2N3O5/c1-28(8-7-20-15-29(25(33)34)9-10-35-20)24(32)30-14-17(21-13-18(26)5-6-22(21)27)12-23(30)16-3-2-4-19(31)11-16/h2-6,11-13,20,23,31H,7-10,14-15H2,1H3,(H,33,34). The number of carbonyl (C=O) groups is 2. The zero-order valence-corrected chi connectivity index (χ0v) is 19.2. The molecule has 3 amide bonds. The summed E-state index contributed by atoms with van der Waals surface area (Å²) >= 11 is 0. The summed E-state index contributed by atoms with van der Waals surface area (Å²) < 4.78 is 34.0. The van der Waals surface area contributed by atoms with Crippen LogP contribution in [0.3, 0.4) is 0 Å². The van der Waals surface area contributed by atoms with E-state index in [1.54, 1.807) is 25.3 Å². The molecule has 0 saturated carbocycles. The maximum atomic E-state index is 14.5. The number of rotatable bonds is 5. The van der Waals surface area contributed by atoms with E-state index in [-0.39, 0.29) is 36.5 Å². The number of carbonyl (C=O) groups excluding carboxylic acids is 1. The zero-order chi connectivity index (χ0) is 25.1. The van der Waals surface area contributed by atoms with E-state index < -0.39 is 23.8 Å². The van der Waals surface area contributed by atoms with Crippen molar-refractivity contribution in [3.63, 3.8) is 0 Å². The SMILES string of the molecule is CN(CCC1CN(C(=O)O)CCO1)C(=O)N1CC(c2cc(F)ccc2F)=CC1c1cccc(O)c1. The van der Waals surface area contributed by atoms with Crippen molar-refractivity contribution in [2.75, 3.05) is 39.8 Å². The van der Waals surface area contributed by atoms with Crippen LogP contribution in [0.2, 0.25) is 0 Å².